The maximum absolute atomic E-state index is 13.0. The van der Waals surface area contributed by atoms with Gasteiger partial charge in [0.1, 0.15) is 10.8 Å². The predicted octanol–water partition coefficient (Wildman–Crippen LogP) is 2.37. The molecule has 0 saturated heterocycles. The third-order valence-electron chi connectivity index (χ3n) is 2.30. The van der Waals surface area contributed by atoms with Crippen LogP contribution in [0.25, 0.3) is 0 Å². The molecule has 17 heavy (non-hydrogen) atoms. The molecule has 0 atom stereocenters. The topological polar surface area (TPSA) is 51.8 Å². The van der Waals surface area contributed by atoms with Crippen LogP contribution >= 0.6 is 11.8 Å². The highest BCUT2D eigenvalue weighted by atomic mass is 32.2. The summed E-state index contributed by atoms with van der Waals surface area (Å²) in [5, 5.41) is 0.847. The highest BCUT2D eigenvalue weighted by Crippen LogP contribution is 2.22. The van der Waals surface area contributed by atoms with E-state index in [0.29, 0.717) is 12.3 Å². The molecule has 2 aromatic rings. The predicted molar refractivity (Wildman–Crippen MR) is 65.9 cm³/mol. The van der Waals surface area contributed by atoms with Gasteiger partial charge < -0.3 is 5.73 Å². The molecule has 0 aliphatic carbocycles. The molecule has 0 radical (unpaired) electrons. The first-order chi connectivity index (χ1) is 8.29. The Morgan fingerprint density at radius 3 is 2.82 bits per heavy atom. The zero-order valence-electron chi connectivity index (χ0n) is 9.14. The molecule has 0 spiro atoms. The molecule has 1 aromatic carbocycles. The van der Waals surface area contributed by atoms with E-state index in [2.05, 4.69) is 9.97 Å². The Bertz CT molecular complexity index is 490. The summed E-state index contributed by atoms with van der Waals surface area (Å²) in [6.45, 7) is 0.341. The van der Waals surface area contributed by atoms with Gasteiger partial charge >= 0.3 is 0 Å². The van der Waals surface area contributed by atoms with E-state index in [0.717, 1.165) is 16.2 Å². The fraction of sp³-hybridized carbons (Fsp3) is 0.167. The highest BCUT2D eigenvalue weighted by molar-refractivity contribution is 7.98. The second-order valence-electron chi connectivity index (χ2n) is 3.45. The van der Waals surface area contributed by atoms with E-state index in [1.807, 2.05) is 0 Å². The SMILES string of the molecule is NCc1cc(F)ccc1CSc1cnccn1. The van der Waals surface area contributed by atoms with Gasteiger partial charge in [-0.2, -0.15) is 0 Å². The zero-order chi connectivity index (χ0) is 12.1. The average molecular weight is 249 g/mol. The molecule has 88 valence electrons. The number of halogens is 1. The molecule has 0 aliphatic rings. The Kier molecular flexibility index (Phi) is 4.06. The fourth-order valence-corrected chi connectivity index (χ4v) is 2.29. The van der Waals surface area contributed by atoms with Crippen molar-refractivity contribution >= 4 is 11.8 Å². The lowest BCUT2D eigenvalue weighted by atomic mass is 10.1. The Labute approximate surface area is 103 Å². The lowest BCUT2D eigenvalue weighted by Gasteiger charge is -2.07. The Hall–Kier alpha value is -1.46. The van der Waals surface area contributed by atoms with Gasteiger partial charge in [-0.15, -0.1) is 11.8 Å². The monoisotopic (exact) mass is 249 g/mol. The molecule has 0 aliphatic heterocycles. The van der Waals surface area contributed by atoms with E-state index in [4.69, 9.17) is 5.73 Å². The molecule has 3 nitrogen and oxygen atoms in total. The molecular formula is C12H12FN3S. The van der Waals surface area contributed by atoms with Crippen LogP contribution in [0.4, 0.5) is 4.39 Å². The van der Waals surface area contributed by atoms with Gasteiger partial charge in [0.25, 0.3) is 0 Å². The molecule has 1 heterocycles. The minimum atomic E-state index is -0.251. The van der Waals surface area contributed by atoms with Crippen LogP contribution in [0.5, 0.6) is 0 Å². The van der Waals surface area contributed by atoms with Gasteiger partial charge in [0, 0.05) is 24.7 Å². The van der Waals surface area contributed by atoms with Gasteiger partial charge in [-0.3, -0.25) is 4.98 Å². The molecule has 2 rings (SSSR count). The number of aromatic nitrogens is 2. The fourth-order valence-electron chi connectivity index (χ4n) is 1.44. The third kappa shape index (κ3) is 3.25. The first kappa shape index (κ1) is 12.0. The second-order valence-corrected chi connectivity index (χ2v) is 4.45. The van der Waals surface area contributed by atoms with Crippen LogP contribution in [0.2, 0.25) is 0 Å². The Morgan fingerprint density at radius 1 is 1.24 bits per heavy atom. The Morgan fingerprint density at radius 2 is 2.12 bits per heavy atom. The number of hydrogen-bond acceptors (Lipinski definition) is 4. The summed E-state index contributed by atoms with van der Waals surface area (Å²) in [7, 11) is 0. The third-order valence-corrected chi connectivity index (χ3v) is 3.27. The van der Waals surface area contributed by atoms with Gasteiger partial charge in [-0.1, -0.05) is 6.07 Å². The maximum atomic E-state index is 13.0. The van der Waals surface area contributed by atoms with Crippen LogP contribution in [0.15, 0.2) is 41.8 Å². The number of nitrogens with two attached hydrogens (primary N) is 1. The summed E-state index contributed by atoms with van der Waals surface area (Å²) in [5.74, 6) is 0.463. The quantitative estimate of drug-likeness (QED) is 0.845. The molecule has 0 bridgehead atoms. The van der Waals surface area contributed by atoms with E-state index in [1.165, 1.54) is 12.1 Å². The summed E-state index contributed by atoms with van der Waals surface area (Å²) < 4.78 is 13.0. The van der Waals surface area contributed by atoms with Crippen molar-refractivity contribution in [1.29, 1.82) is 0 Å². The van der Waals surface area contributed by atoms with Gasteiger partial charge in [-0.05, 0) is 23.3 Å². The number of nitrogens with zero attached hydrogens (tertiary/aromatic N) is 2. The van der Waals surface area contributed by atoms with E-state index < -0.39 is 0 Å². The van der Waals surface area contributed by atoms with E-state index in [-0.39, 0.29) is 5.82 Å². The van der Waals surface area contributed by atoms with Crippen molar-refractivity contribution in [2.75, 3.05) is 0 Å². The normalized spacial score (nSPS) is 10.5. The smallest absolute Gasteiger partial charge is 0.123 e. The number of rotatable bonds is 4. The molecule has 1 aromatic heterocycles. The zero-order valence-corrected chi connectivity index (χ0v) is 9.95. The van der Waals surface area contributed by atoms with Gasteiger partial charge in [0.05, 0.1) is 6.20 Å². The van der Waals surface area contributed by atoms with E-state index in [1.54, 1.807) is 36.4 Å². The number of thioether (sulfide) groups is 1. The summed E-state index contributed by atoms with van der Waals surface area (Å²) >= 11 is 1.56. The largest absolute Gasteiger partial charge is 0.326 e. The van der Waals surface area contributed by atoms with Crippen LogP contribution in [0, 0.1) is 5.82 Å². The van der Waals surface area contributed by atoms with Crippen molar-refractivity contribution in [3.63, 3.8) is 0 Å². The van der Waals surface area contributed by atoms with Gasteiger partial charge in [-0.25, -0.2) is 9.37 Å². The van der Waals surface area contributed by atoms with E-state index in [9.17, 15) is 4.39 Å². The Balaban J connectivity index is 2.09. The molecule has 0 amide bonds. The second kappa shape index (κ2) is 5.75. The van der Waals surface area contributed by atoms with Crippen LogP contribution in [-0.2, 0) is 12.3 Å². The molecule has 0 saturated carbocycles. The average Bonchev–Trinajstić information content (AvgIpc) is 2.38. The minimum Gasteiger partial charge on any atom is -0.326 e. The van der Waals surface area contributed by atoms with Crippen LogP contribution in [0.3, 0.4) is 0 Å². The van der Waals surface area contributed by atoms with Crippen molar-refractivity contribution in [3.05, 3.63) is 53.7 Å². The molecule has 5 heteroatoms. The summed E-state index contributed by atoms with van der Waals surface area (Å²) in [6, 6.07) is 4.69. The lowest BCUT2D eigenvalue weighted by Crippen LogP contribution is -2.01. The molecule has 0 unspecified atom stereocenters. The highest BCUT2D eigenvalue weighted by Gasteiger charge is 2.04. The van der Waals surface area contributed by atoms with Crippen molar-refractivity contribution in [2.45, 2.75) is 17.3 Å². The maximum Gasteiger partial charge on any atom is 0.123 e. The number of benzene rings is 1. The van der Waals surface area contributed by atoms with Gasteiger partial charge in [0.15, 0.2) is 0 Å². The minimum absolute atomic E-state index is 0.251. The van der Waals surface area contributed by atoms with Crippen molar-refractivity contribution < 1.29 is 4.39 Å². The first-order valence-electron chi connectivity index (χ1n) is 5.16. The summed E-state index contributed by atoms with van der Waals surface area (Å²) in [6.07, 6.45) is 4.99. The van der Waals surface area contributed by atoms with E-state index >= 15 is 0 Å². The molecular weight excluding hydrogens is 237 g/mol. The van der Waals surface area contributed by atoms with Crippen molar-refractivity contribution in [2.24, 2.45) is 5.73 Å². The van der Waals surface area contributed by atoms with Crippen LogP contribution < -0.4 is 5.73 Å². The lowest BCUT2D eigenvalue weighted by molar-refractivity contribution is 0.624. The number of hydrogen-bond donors (Lipinski definition) is 1. The van der Waals surface area contributed by atoms with Crippen molar-refractivity contribution in [3.8, 4) is 0 Å². The van der Waals surface area contributed by atoms with Crippen LogP contribution in [0.1, 0.15) is 11.1 Å². The standard InChI is InChI=1S/C12H12FN3S/c13-11-2-1-9(10(5-11)6-14)8-17-12-7-15-3-4-16-12/h1-5,7H,6,8,14H2. The van der Waals surface area contributed by atoms with Crippen molar-refractivity contribution in [1.82, 2.24) is 9.97 Å². The molecule has 2 N–H and O–H groups in total. The van der Waals surface area contributed by atoms with Crippen LogP contribution in [-0.4, -0.2) is 9.97 Å². The summed E-state index contributed by atoms with van der Waals surface area (Å²) in [5.41, 5.74) is 7.45. The summed E-state index contributed by atoms with van der Waals surface area (Å²) in [4.78, 5) is 8.15. The first-order valence-corrected chi connectivity index (χ1v) is 6.14. The van der Waals surface area contributed by atoms with Gasteiger partial charge in [0.2, 0.25) is 0 Å². The molecule has 0 fully saturated rings.